The molecule has 2 aliphatic rings. The van der Waals surface area contributed by atoms with E-state index in [-0.39, 0.29) is 49.6 Å². The van der Waals surface area contributed by atoms with Gasteiger partial charge in [-0.25, -0.2) is 0 Å². The number of para-hydroxylation sites is 2. The van der Waals surface area contributed by atoms with E-state index < -0.39 is 6.10 Å². The van der Waals surface area contributed by atoms with Crippen LogP contribution in [-0.2, 0) is 25.7 Å². The molecule has 1 fully saturated rings. The predicted octanol–water partition coefficient (Wildman–Crippen LogP) is 2.09. The Balaban J connectivity index is 1.40. The standard InChI is InChI=1S/C22H21N3O5/c1-14-22(29)24(17-4-2-3-5-18(17)30-14)13-19(26)23-16-8-6-15(7-9-16)12-25-20(27)10-11-21(25)28/h2-9,14H,10-13H2,1H3,(H,23,26). The van der Waals surface area contributed by atoms with Crippen LogP contribution >= 0.6 is 0 Å². The van der Waals surface area contributed by atoms with E-state index in [9.17, 15) is 19.2 Å². The molecule has 2 heterocycles. The van der Waals surface area contributed by atoms with Gasteiger partial charge >= 0.3 is 0 Å². The smallest absolute Gasteiger partial charge is 0.268 e. The number of rotatable bonds is 5. The first-order valence-corrected chi connectivity index (χ1v) is 9.71. The Morgan fingerprint density at radius 3 is 2.37 bits per heavy atom. The summed E-state index contributed by atoms with van der Waals surface area (Å²) in [5.74, 6) is -0.388. The fourth-order valence-electron chi connectivity index (χ4n) is 3.54. The largest absolute Gasteiger partial charge is 0.479 e. The first kappa shape index (κ1) is 19.6. The zero-order valence-electron chi connectivity index (χ0n) is 16.5. The number of anilines is 2. The molecule has 2 aromatic rings. The third-order valence-corrected chi connectivity index (χ3v) is 5.11. The molecule has 4 amide bonds. The Hall–Kier alpha value is -3.68. The molecule has 154 valence electrons. The molecule has 1 atom stereocenters. The summed E-state index contributed by atoms with van der Waals surface area (Å²) in [6.07, 6.45) is -0.146. The molecule has 0 bridgehead atoms. The van der Waals surface area contributed by atoms with Crippen LogP contribution in [0.2, 0.25) is 0 Å². The molecule has 30 heavy (non-hydrogen) atoms. The van der Waals surface area contributed by atoms with E-state index in [1.165, 1.54) is 9.80 Å². The van der Waals surface area contributed by atoms with Crippen molar-refractivity contribution in [3.8, 4) is 5.75 Å². The Bertz CT molecular complexity index is 1000. The van der Waals surface area contributed by atoms with E-state index in [0.29, 0.717) is 17.1 Å². The minimum Gasteiger partial charge on any atom is -0.479 e. The lowest BCUT2D eigenvalue weighted by Gasteiger charge is -2.32. The summed E-state index contributed by atoms with van der Waals surface area (Å²) in [6, 6.07) is 14.0. The molecule has 4 rings (SSSR count). The molecule has 2 aliphatic heterocycles. The molecule has 1 unspecified atom stereocenters. The minimum absolute atomic E-state index is 0.137. The Labute approximate surface area is 173 Å². The summed E-state index contributed by atoms with van der Waals surface area (Å²) in [6.45, 7) is 1.74. The molecule has 0 saturated carbocycles. The molecule has 1 saturated heterocycles. The van der Waals surface area contributed by atoms with Crippen LogP contribution in [0.3, 0.4) is 0 Å². The van der Waals surface area contributed by atoms with Crippen LogP contribution in [0.25, 0.3) is 0 Å². The number of carbonyl (C=O) groups excluding carboxylic acids is 4. The number of likely N-dealkylation sites (tertiary alicyclic amines) is 1. The van der Waals surface area contributed by atoms with Gasteiger partial charge in [0.15, 0.2) is 6.10 Å². The Kier molecular flexibility index (Phi) is 5.22. The summed E-state index contributed by atoms with van der Waals surface area (Å²) < 4.78 is 5.58. The van der Waals surface area contributed by atoms with Gasteiger partial charge in [0.05, 0.1) is 12.2 Å². The topological polar surface area (TPSA) is 96.0 Å². The second-order valence-electron chi connectivity index (χ2n) is 7.27. The van der Waals surface area contributed by atoms with Gasteiger partial charge in [-0.1, -0.05) is 24.3 Å². The van der Waals surface area contributed by atoms with E-state index in [0.717, 1.165) is 5.56 Å². The van der Waals surface area contributed by atoms with Crippen LogP contribution in [0.1, 0.15) is 25.3 Å². The van der Waals surface area contributed by atoms with Gasteiger partial charge in [-0.05, 0) is 36.8 Å². The lowest BCUT2D eigenvalue weighted by atomic mass is 10.1. The number of hydrogen-bond donors (Lipinski definition) is 1. The SMILES string of the molecule is CC1Oc2ccccc2N(CC(=O)Nc2ccc(CN3C(=O)CCC3=O)cc2)C1=O. The Morgan fingerprint density at radius 2 is 1.67 bits per heavy atom. The van der Waals surface area contributed by atoms with Gasteiger partial charge in [0, 0.05) is 18.5 Å². The first-order valence-electron chi connectivity index (χ1n) is 9.71. The van der Waals surface area contributed by atoms with Gasteiger partial charge in [-0.15, -0.1) is 0 Å². The maximum Gasteiger partial charge on any atom is 0.268 e. The third kappa shape index (κ3) is 3.89. The maximum atomic E-state index is 12.5. The quantitative estimate of drug-likeness (QED) is 0.766. The van der Waals surface area contributed by atoms with E-state index in [2.05, 4.69) is 5.32 Å². The molecule has 8 nitrogen and oxygen atoms in total. The second-order valence-corrected chi connectivity index (χ2v) is 7.27. The van der Waals surface area contributed by atoms with Crippen molar-refractivity contribution in [3.63, 3.8) is 0 Å². The highest BCUT2D eigenvalue weighted by molar-refractivity contribution is 6.06. The predicted molar refractivity (Wildman–Crippen MR) is 109 cm³/mol. The van der Waals surface area contributed by atoms with Crippen molar-refractivity contribution in [2.24, 2.45) is 0 Å². The van der Waals surface area contributed by atoms with Crippen molar-refractivity contribution in [2.45, 2.75) is 32.4 Å². The first-order chi connectivity index (χ1) is 14.4. The van der Waals surface area contributed by atoms with Gasteiger partial charge < -0.3 is 10.1 Å². The lowest BCUT2D eigenvalue weighted by Crippen LogP contribution is -2.47. The monoisotopic (exact) mass is 407 g/mol. The van der Waals surface area contributed by atoms with Crippen molar-refractivity contribution in [2.75, 3.05) is 16.8 Å². The fraction of sp³-hybridized carbons (Fsp3) is 0.273. The summed E-state index contributed by atoms with van der Waals surface area (Å²) in [5, 5.41) is 2.77. The van der Waals surface area contributed by atoms with E-state index in [4.69, 9.17) is 4.74 Å². The third-order valence-electron chi connectivity index (χ3n) is 5.11. The average molecular weight is 407 g/mol. The fourth-order valence-corrected chi connectivity index (χ4v) is 3.54. The Morgan fingerprint density at radius 1 is 1.00 bits per heavy atom. The molecule has 1 N–H and O–H groups in total. The van der Waals surface area contributed by atoms with E-state index in [1.54, 1.807) is 49.4 Å². The number of hydrogen-bond acceptors (Lipinski definition) is 5. The summed E-state index contributed by atoms with van der Waals surface area (Å²) in [5.41, 5.74) is 1.92. The van der Waals surface area contributed by atoms with Crippen LogP contribution in [0, 0.1) is 0 Å². The van der Waals surface area contributed by atoms with Gasteiger partial charge in [0.1, 0.15) is 12.3 Å². The van der Waals surface area contributed by atoms with Crippen molar-refractivity contribution in [1.82, 2.24) is 4.90 Å². The number of benzene rings is 2. The molecular weight excluding hydrogens is 386 g/mol. The zero-order chi connectivity index (χ0) is 21.3. The molecule has 2 aromatic carbocycles. The van der Waals surface area contributed by atoms with Crippen molar-refractivity contribution in [1.29, 1.82) is 0 Å². The summed E-state index contributed by atoms with van der Waals surface area (Å²) in [4.78, 5) is 51.2. The lowest BCUT2D eigenvalue weighted by molar-refractivity contribution is -0.139. The van der Waals surface area contributed by atoms with E-state index in [1.807, 2.05) is 6.07 Å². The van der Waals surface area contributed by atoms with Gasteiger partial charge in [0.2, 0.25) is 17.7 Å². The normalized spacial score (nSPS) is 18.3. The van der Waals surface area contributed by atoms with Crippen LogP contribution in [0.4, 0.5) is 11.4 Å². The molecule has 0 aliphatic carbocycles. The molecule has 0 spiro atoms. The summed E-state index contributed by atoms with van der Waals surface area (Å²) >= 11 is 0. The molecular formula is C22H21N3O5. The van der Waals surface area contributed by atoms with Crippen LogP contribution in [0.15, 0.2) is 48.5 Å². The molecule has 8 heteroatoms. The van der Waals surface area contributed by atoms with Crippen molar-refractivity contribution < 1.29 is 23.9 Å². The highest BCUT2D eigenvalue weighted by atomic mass is 16.5. The molecule has 0 radical (unpaired) electrons. The zero-order valence-corrected chi connectivity index (χ0v) is 16.5. The maximum absolute atomic E-state index is 12.5. The van der Waals surface area contributed by atoms with Gasteiger partial charge in [-0.2, -0.15) is 0 Å². The summed E-state index contributed by atoms with van der Waals surface area (Å²) in [7, 11) is 0. The van der Waals surface area contributed by atoms with Gasteiger partial charge in [0.25, 0.3) is 5.91 Å². The van der Waals surface area contributed by atoms with Crippen molar-refractivity contribution in [3.05, 3.63) is 54.1 Å². The van der Waals surface area contributed by atoms with Crippen molar-refractivity contribution >= 4 is 35.0 Å². The van der Waals surface area contributed by atoms with Crippen LogP contribution < -0.4 is 15.0 Å². The highest BCUT2D eigenvalue weighted by Gasteiger charge is 2.32. The van der Waals surface area contributed by atoms with Crippen LogP contribution in [0.5, 0.6) is 5.75 Å². The number of nitrogens with zero attached hydrogens (tertiary/aromatic N) is 2. The number of carbonyl (C=O) groups is 4. The number of imide groups is 1. The number of fused-ring (bicyclic) bond motifs is 1. The number of amides is 4. The molecule has 0 aromatic heterocycles. The highest BCUT2D eigenvalue weighted by Crippen LogP contribution is 2.33. The second kappa shape index (κ2) is 7.98. The van der Waals surface area contributed by atoms with Gasteiger partial charge in [-0.3, -0.25) is 29.0 Å². The van der Waals surface area contributed by atoms with Crippen LogP contribution in [-0.4, -0.2) is 41.2 Å². The number of ether oxygens (including phenoxy) is 1. The number of nitrogens with one attached hydrogen (secondary N) is 1. The minimum atomic E-state index is -0.664. The average Bonchev–Trinajstić information content (AvgIpc) is 3.05. The van der Waals surface area contributed by atoms with E-state index >= 15 is 0 Å².